The Kier molecular flexibility index (Phi) is 4.67. The second-order valence-corrected chi connectivity index (χ2v) is 8.54. The number of amides is 3. The van der Waals surface area contributed by atoms with Crippen LogP contribution in [0, 0.1) is 5.92 Å². The van der Waals surface area contributed by atoms with Crippen LogP contribution < -0.4 is 15.1 Å². The first-order valence-corrected chi connectivity index (χ1v) is 9.89. The molecule has 140 valence electrons. The second-order valence-electron chi connectivity index (χ2n) is 8.10. The summed E-state index contributed by atoms with van der Waals surface area (Å²) in [5.74, 6) is 0.285. The number of imide groups is 1. The van der Waals surface area contributed by atoms with Gasteiger partial charge < -0.3 is 15.1 Å². The van der Waals surface area contributed by atoms with Crippen molar-refractivity contribution < 1.29 is 19.4 Å². The lowest BCUT2D eigenvalue weighted by molar-refractivity contribution is -1.02. The van der Waals surface area contributed by atoms with E-state index in [1.165, 1.54) is 20.3 Å². The molecule has 1 atom stereocenters. The predicted molar refractivity (Wildman–Crippen MR) is 97.9 cm³/mol. The molecule has 2 heterocycles. The zero-order chi connectivity index (χ0) is 18.3. The number of hydrogen-bond donors (Lipinski definition) is 3. The van der Waals surface area contributed by atoms with Crippen molar-refractivity contribution in [1.82, 2.24) is 10.2 Å². The summed E-state index contributed by atoms with van der Waals surface area (Å²) in [5.41, 5.74) is 0.625. The van der Waals surface area contributed by atoms with Crippen LogP contribution >= 0.6 is 11.6 Å². The number of piperazine rings is 1. The number of carbonyl (C=O) groups is 2. The Morgan fingerprint density at radius 3 is 2.35 bits per heavy atom. The van der Waals surface area contributed by atoms with Crippen molar-refractivity contribution in [3.63, 3.8) is 0 Å². The van der Waals surface area contributed by atoms with Crippen LogP contribution in [0.3, 0.4) is 0 Å². The Hall–Kier alpha value is -1.63. The van der Waals surface area contributed by atoms with Gasteiger partial charge in [-0.15, -0.1) is 0 Å². The summed E-state index contributed by atoms with van der Waals surface area (Å²) in [6, 6.07) is 7.83. The standard InChI is InChI=1S/C19H25ClN4O2/c1-19(15-4-5-15)17(25)24(18(26)21-19)13-23-10-8-22(9-11-23)12-14-2-6-16(20)7-3-14/h2-3,6-7,15H,4-5,8-13H2,1H3,(H,21,26)/p+2/t19-/m0/s1. The number of benzene rings is 1. The molecule has 0 aromatic heterocycles. The third-order valence-corrected chi connectivity index (χ3v) is 6.36. The monoisotopic (exact) mass is 378 g/mol. The van der Waals surface area contributed by atoms with Gasteiger partial charge in [-0.2, -0.15) is 0 Å². The van der Waals surface area contributed by atoms with E-state index < -0.39 is 5.54 Å². The smallest absolute Gasteiger partial charge is 0.323 e. The van der Waals surface area contributed by atoms with E-state index in [4.69, 9.17) is 11.6 Å². The van der Waals surface area contributed by atoms with E-state index in [2.05, 4.69) is 17.4 Å². The predicted octanol–water partition coefficient (Wildman–Crippen LogP) is -0.699. The number of quaternary nitrogens is 2. The minimum absolute atomic E-state index is 0.0339. The second kappa shape index (κ2) is 6.83. The molecule has 1 aliphatic carbocycles. The highest BCUT2D eigenvalue weighted by atomic mass is 35.5. The third-order valence-electron chi connectivity index (χ3n) is 6.11. The van der Waals surface area contributed by atoms with Gasteiger partial charge in [-0.1, -0.05) is 23.7 Å². The van der Waals surface area contributed by atoms with Crippen molar-refractivity contribution in [1.29, 1.82) is 0 Å². The van der Waals surface area contributed by atoms with E-state index in [-0.39, 0.29) is 11.9 Å². The van der Waals surface area contributed by atoms with Gasteiger partial charge in [0.2, 0.25) is 0 Å². The summed E-state index contributed by atoms with van der Waals surface area (Å²) in [5, 5.41) is 3.70. The Balaban J connectivity index is 1.29. The van der Waals surface area contributed by atoms with Crippen LogP contribution in [0.25, 0.3) is 0 Å². The zero-order valence-electron chi connectivity index (χ0n) is 15.2. The van der Waals surface area contributed by atoms with E-state index in [1.54, 1.807) is 0 Å². The number of hydrogen-bond acceptors (Lipinski definition) is 2. The van der Waals surface area contributed by atoms with Gasteiger partial charge in [0.1, 0.15) is 38.3 Å². The van der Waals surface area contributed by atoms with Gasteiger partial charge in [0.05, 0.1) is 0 Å². The van der Waals surface area contributed by atoms with Crippen molar-refractivity contribution in [3.8, 4) is 0 Å². The molecule has 6 nitrogen and oxygen atoms in total. The fourth-order valence-electron chi connectivity index (χ4n) is 4.20. The molecule has 2 aliphatic heterocycles. The van der Waals surface area contributed by atoms with Crippen LogP contribution in [0.5, 0.6) is 0 Å². The topological polar surface area (TPSA) is 58.3 Å². The van der Waals surface area contributed by atoms with Crippen molar-refractivity contribution in [3.05, 3.63) is 34.9 Å². The molecule has 1 aromatic rings. The number of halogens is 1. The van der Waals surface area contributed by atoms with E-state index in [1.807, 2.05) is 19.1 Å². The number of urea groups is 1. The lowest BCUT2D eigenvalue weighted by Gasteiger charge is -2.31. The molecule has 26 heavy (non-hydrogen) atoms. The number of nitrogens with one attached hydrogen (secondary N) is 3. The molecule has 3 N–H and O–H groups in total. The van der Waals surface area contributed by atoms with Gasteiger partial charge in [0.25, 0.3) is 5.91 Å². The number of nitrogens with zero attached hydrogens (tertiary/aromatic N) is 1. The van der Waals surface area contributed by atoms with Gasteiger partial charge in [-0.25, -0.2) is 9.69 Å². The molecule has 2 saturated heterocycles. The fraction of sp³-hybridized carbons (Fsp3) is 0.579. The molecule has 0 unspecified atom stereocenters. The summed E-state index contributed by atoms with van der Waals surface area (Å²) in [6.45, 7) is 7.40. The van der Waals surface area contributed by atoms with E-state index in [0.29, 0.717) is 12.6 Å². The van der Waals surface area contributed by atoms with E-state index in [9.17, 15) is 9.59 Å². The summed E-state index contributed by atoms with van der Waals surface area (Å²) in [4.78, 5) is 29.3. The quantitative estimate of drug-likeness (QED) is 0.594. The maximum absolute atomic E-state index is 12.7. The number of rotatable bonds is 5. The van der Waals surface area contributed by atoms with Crippen LogP contribution in [0.2, 0.25) is 5.02 Å². The first-order valence-electron chi connectivity index (χ1n) is 9.51. The van der Waals surface area contributed by atoms with Crippen LogP contribution in [-0.2, 0) is 11.3 Å². The van der Waals surface area contributed by atoms with Gasteiger partial charge >= 0.3 is 6.03 Å². The average Bonchev–Trinajstić information content (AvgIpc) is 3.45. The molecular formula is C19H27ClN4O2+2. The molecule has 3 aliphatic rings. The van der Waals surface area contributed by atoms with Crippen molar-refractivity contribution >= 4 is 23.5 Å². The molecule has 0 spiro atoms. The lowest BCUT2D eigenvalue weighted by atomic mass is 9.96. The minimum atomic E-state index is -0.668. The van der Waals surface area contributed by atoms with E-state index in [0.717, 1.165) is 50.6 Å². The highest BCUT2D eigenvalue weighted by molar-refractivity contribution is 6.30. The molecule has 0 radical (unpaired) electrons. The fourth-order valence-corrected chi connectivity index (χ4v) is 4.33. The summed E-state index contributed by atoms with van der Waals surface area (Å²) >= 11 is 5.95. The van der Waals surface area contributed by atoms with Crippen molar-refractivity contribution in [2.75, 3.05) is 32.8 Å². The van der Waals surface area contributed by atoms with Crippen molar-refractivity contribution in [2.24, 2.45) is 5.92 Å². The zero-order valence-corrected chi connectivity index (χ0v) is 15.9. The van der Waals surface area contributed by atoms with Gasteiger partial charge in [-0.05, 0) is 37.8 Å². The Morgan fingerprint density at radius 2 is 1.73 bits per heavy atom. The molecule has 7 heteroatoms. The molecule has 1 aromatic carbocycles. The van der Waals surface area contributed by atoms with Gasteiger partial charge in [0, 0.05) is 10.6 Å². The van der Waals surface area contributed by atoms with Gasteiger partial charge in [-0.3, -0.25) is 4.79 Å². The summed E-state index contributed by atoms with van der Waals surface area (Å²) in [6.07, 6.45) is 2.08. The van der Waals surface area contributed by atoms with Crippen LogP contribution in [0.1, 0.15) is 25.3 Å². The molecule has 3 amide bonds. The Morgan fingerprint density at radius 1 is 1.12 bits per heavy atom. The Bertz CT molecular complexity index is 698. The maximum atomic E-state index is 12.7. The molecule has 3 fully saturated rings. The molecule has 4 rings (SSSR count). The third kappa shape index (κ3) is 3.46. The first-order chi connectivity index (χ1) is 12.5. The summed E-state index contributed by atoms with van der Waals surface area (Å²) < 4.78 is 0. The largest absolute Gasteiger partial charge is 0.329 e. The average molecular weight is 379 g/mol. The SMILES string of the molecule is C[C@@]1(C2CC2)NC(=O)N(C[NH+]2CC[NH+](Cc3ccc(Cl)cc3)CC2)C1=O. The highest BCUT2D eigenvalue weighted by Crippen LogP contribution is 2.42. The lowest BCUT2D eigenvalue weighted by Crippen LogP contribution is -3.28. The van der Waals surface area contributed by atoms with Crippen LogP contribution in [0.15, 0.2) is 24.3 Å². The maximum Gasteiger partial charge on any atom is 0.329 e. The highest BCUT2D eigenvalue weighted by Gasteiger charge is 2.56. The van der Waals surface area contributed by atoms with Crippen LogP contribution in [-0.4, -0.2) is 55.2 Å². The first kappa shape index (κ1) is 17.8. The minimum Gasteiger partial charge on any atom is -0.323 e. The van der Waals surface area contributed by atoms with Crippen LogP contribution in [0.4, 0.5) is 4.79 Å². The molecular weight excluding hydrogens is 352 g/mol. The normalized spacial score (nSPS) is 32.0. The van der Waals surface area contributed by atoms with E-state index >= 15 is 0 Å². The summed E-state index contributed by atoms with van der Waals surface area (Å²) in [7, 11) is 0. The van der Waals surface area contributed by atoms with Crippen molar-refractivity contribution in [2.45, 2.75) is 31.8 Å². The molecule has 1 saturated carbocycles. The number of carbonyl (C=O) groups excluding carboxylic acids is 2. The Labute approximate surface area is 159 Å². The molecule has 0 bridgehead atoms. The van der Waals surface area contributed by atoms with Gasteiger partial charge in [0.15, 0.2) is 6.67 Å².